The van der Waals surface area contributed by atoms with Crippen LogP contribution >= 0.6 is 0 Å². The average molecular weight is 159 g/mol. The Hall–Kier alpha value is 0.350. The maximum absolute atomic E-state index is 9.85. The number of aliphatic carboxylic acids is 1. The second-order valence-electron chi connectivity index (χ2n) is 1.51. The third-order valence-electron chi connectivity index (χ3n) is 0.721. The minimum atomic E-state index is -2.78. The van der Waals surface area contributed by atoms with Gasteiger partial charge in [0.1, 0.15) is 0 Å². The molecule has 56 valence electrons. The molecule has 0 radical (unpaired) electrons. The summed E-state index contributed by atoms with van der Waals surface area (Å²) in [6, 6.07) is 0. The van der Waals surface area contributed by atoms with Crippen LogP contribution in [0, 0.1) is 0 Å². The van der Waals surface area contributed by atoms with Crippen LogP contribution in [0.1, 0.15) is 8.35 Å². The van der Waals surface area contributed by atoms with Gasteiger partial charge in [-0.05, 0) is 6.54 Å². The summed E-state index contributed by atoms with van der Waals surface area (Å²) in [6.07, 6.45) is 0. The van der Waals surface area contributed by atoms with Crippen molar-refractivity contribution in [2.75, 3.05) is 6.54 Å². The molecule has 0 rings (SSSR count). The normalized spacial score (nSPS) is 10.3. The topological polar surface area (TPSA) is 89.8 Å². The molecule has 0 heterocycles. The number of hydrogen-bond acceptors (Lipinski definition) is 4. The van der Waals surface area contributed by atoms with E-state index in [9.17, 15) is 4.79 Å². The van der Waals surface area contributed by atoms with Crippen molar-refractivity contribution in [1.82, 2.24) is 5.32 Å². The van der Waals surface area contributed by atoms with E-state index in [1.165, 1.54) is 0 Å². The summed E-state index contributed by atoms with van der Waals surface area (Å²) in [5, 5.41) is 26.8. The maximum atomic E-state index is 9.85. The quantitative estimate of drug-likeness (QED) is 0.246. The maximum Gasteiger partial charge on any atom is 1.00 e. The van der Waals surface area contributed by atoms with Crippen LogP contribution in [0.15, 0.2) is 0 Å². The molecule has 0 saturated carbocycles. The molecule has 0 aliphatic carbocycles. The number of carboxylic acid groups (broad SMARTS) is 1. The second kappa shape index (κ2) is 5.06. The largest absolute Gasteiger partial charge is 1.00 e. The Bertz CT molecular complexity index is 121. The molecular weight excluding hydrogens is 149 g/mol. The predicted molar refractivity (Wildman–Crippen MR) is 29.6 cm³/mol. The van der Waals surface area contributed by atoms with E-state index in [1.54, 1.807) is 6.92 Å². The zero-order valence-corrected chi connectivity index (χ0v) is 7.96. The Morgan fingerprint density at radius 3 is 2.20 bits per heavy atom. The molecule has 0 aromatic carbocycles. The van der Waals surface area contributed by atoms with E-state index in [0.29, 0.717) is 0 Å². The molecule has 5 nitrogen and oxygen atoms in total. The molecule has 0 amide bonds. The standard InChI is InChI=1S/C4H9NO4.Na.H/c1-2-5-4(8,9)3(6)7;;/h5,8-9H,2H2,1H3,(H,6,7);;/q;+1;-1. The van der Waals surface area contributed by atoms with E-state index in [-0.39, 0.29) is 37.5 Å². The summed E-state index contributed by atoms with van der Waals surface area (Å²) in [5.74, 6) is -4.49. The summed E-state index contributed by atoms with van der Waals surface area (Å²) in [6.45, 7) is 1.74. The number of likely N-dealkylation sites (N-methyl/N-ethyl adjacent to an activating group) is 1. The van der Waals surface area contributed by atoms with Gasteiger partial charge in [-0.1, -0.05) is 6.92 Å². The minimum absolute atomic E-state index is 0. The van der Waals surface area contributed by atoms with Gasteiger partial charge in [0.05, 0.1) is 0 Å². The van der Waals surface area contributed by atoms with Crippen molar-refractivity contribution in [2.45, 2.75) is 12.8 Å². The fraction of sp³-hybridized carbons (Fsp3) is 0.750. The van der Waals surface area contributed by atoms with Gasteiger partial charge in [-0.3, -0.25) is 5.32 Å². The smallest absolute Gasteiger partial charge is 1.00 e. The molecule has 0 saturated heterocycles. The van der Waals surface area contributed by atoms with E-state index < -0.39 is 11.9 Å². The monoisotopic (exact) mass is 159 g/mol. The molecule has 0 fully saturated rings. The van der Waals surface area contributed by atoms with Crippen molar-refractivity contribution in [2.24, 2.45) is 0 Å². The van der Waals surface area contributed by atoms with Crippen LogP contribution in [0.5, 0.6) is 0 Å². The summed E-state index contributed by atoms with van der Waals surface area (Å²) in [5.41, 5.74) is 0. The Morgan fingerprint density at radius 1 is 1.70 bits per heavy atom. The SMILES string of the molecule is CCNC(O)(O)C(=O)O.[H-].[Na+]. The van der Waals surface area contributed by atoms with Gasteiger partial charge in [0, 0.05) is 0 Å². The Labute approximate surface area is 81.8 Å². The molecule has 0 unspecified atom stereocenters. The van der Waals surface area contributed by atoms with Crippen LogP contribution in [0.25, 0.3) is 0 Å². The van der Waals surface area contributed by atoms with E-state index in [2.05, 4.69) is 0 Å². The van der Waals surface area contributed by atoms with Crippen LogP contribution in [-0.2, 0) is 4.79 Å². The fourth-order valence-electron chi connectivity index (χ4n) is 0.322. The minimum Gasteiger partial charge on any atom is -1.00 e. The van der Waals surface area contributed by atoms with Gasteiger partial charge in [-0.15, -0.1) is 0 Å². The first-order valence-electron chi connectivity index (χ1n) is 2.44. The second-order valence-corrected chi connectivity index (χ2v) is 1.51. The van der Waals surface area contributed by atoms with Crippen molar-refractivity contribution < 1.29 is 51.1 Å². The van der Waals surface area contributed by atoms with E-state index in [1.807, 2.05) is 5.32 Å². The number of carboxylic acids is 1. The van der Waals surface area contributed by atoms with Gasteiger partial charge in [-0.25, -0.2) is 4.79 Å². The number of nitrogens with one attached hydrogen (secondary N) is 1. The van der Waals surface area contributed by atoms with Gasteiger partial charge >= 0.3 is 41.4 Å². The van der Waals surface area contributed by atoms with Crippen LogP contribution in [0.4, 0.5) is 0 Å². The van der Waals surface area contributed by atoms with E-state index >= 15 is 0 Å². The molecule has 0 aliphatic rings. The Balaban J connectivity index is -0.000000320. The third kappa shape index (κ3) is 4.21. The summed E-state index contributed by atoms with van der Waals surface area (Å²) in [7, 11) is 0. The van der Waals surface area contributed by atoms with Crippen molar-refractivity contribution >= 4 is 5.97 Å². The van der Waals surface area contributed by atoms with Gasteiger partial charge in [0.25, 0.3) is 0 Å². The van der Waals surface area contributed by atoms with Crippen molar-refractivity contribution in [3.05, 3.63) is 0 Å². The molecular formula is C4H10NNaO4. The van der Waals surface area contributed by atoms with Crippen molar-refractivity contribution in [1.29, 1.82) is 0 Å². The molecule has 0 spiro atoms. The summed E-state index contributed by atoms with van der Waals surface area (Å²) in [4.78, 5) is 9.85. The molecule has 4 N–H and O–H groups in total. The first-order valence-corrected chi connectivity index (χ1v) is 2.44. The first-order chi connectivity index (χ1) is 4.00. The van der Waals surface area contributed by atoms with Crippen LogP contribution in [0.3, 0.4) is 0 Å². The van der Waals surface area contributed by atoms with Gasteiger partial charge < -0.3 is 16.7 Å². The van der Waals surface area contributed by atoms with E-state index in [0.717, 1.165) is 0 Å². The van der Waals surface area contributed by atoms with Gasteiger partial charge in [0.15, 0.2) is 0 Å². The van der Waals surface area contributed by atoms with Gasteiger partial charge in [-0.2, -0.15) is 0 Å². The van der Waals surface area contributed by atoms with E-state index in [4.69, 9.17) is 15.3 Å². The zero-order chi connectivity index (χ0) is 7.49. The zero-order valence-electron chi connectivity index (χ0n) is 6.96. The van der Waals surface area contributed by atoms with Gasteiger partial charge in [0.2, 0.25) is 0 Å². The Morgan fingerprint density at radius 2 is 2.10 bits per heavy atom. The molecule has 0 aliphatic heterocycles. The number of hydrogen-bond donors (Lipinski definition) is 4. The van der Waals surface area contributed by atoms with Crippen molar-refractivity contribution in [3.8, 4) is 0 Å². The number of carbonyl (C=O) groups is 1. The average Bonchev–Trinajstić information content (AvgIpc) is 1.65. The molecule has 0 atom stereocenters. The summed E-state index contributed by atoms with van der Waals surface area (Å²) >= 11 is 0. The first kappa shape index (κ1) is 13.0. The van der Waals surface area contributed by atoms with Crippen molar-refractivity contribution in [3.63, 3.8) is 0 Å². The van der Waals surface area contributed by atoms with Crippen LogP contribution < -0.4 is 34.9 Å². The fourth-order valence-corrected chi connectivity index (χ4v) is 0.322. The van der Waals surface area contributed by atoms with Crippen LogP contribution in [0.2, 0.25) is 0 Å². The molecule has 0 aromatic rings. The summed E-state index contributed by atoms with van der Waals surface area (Å²) < 4.78 is 0. The Kier molecular flexibility index (Phi) is 6.57. The number of aliphatic hydroxyl groups is 2. The number of rotatable bonds is 3. The molecule has 0 bridgehead atoms. The van der Waals surface area contributed by atoms with Crippen LogP contribution in [-0.4, -0.2) is 33.7 Å². The third-order valence-corrected chi connectivity index (χ3v) is 0.721. The molecule has 10 heavy (non-hydrogen) atoms. The molecule has 0 aromatic heterocycles. The molecule has 6 heteroatoms. The predicted octanol–water partition coefficient (Wildman–Crippen LogP) is -4.56.